The molecule has 0 spiro atoms. The van der Waals surface area contributed by atoms with Crippen molar-refractivity contribution in [2.45, 2.75) is 38.7 Å². The van der Waals surface area contributed by atoms with E-state index in [4.69, 9.17) is 0 Å². The first-order chi connectivity index (χ1) is 7.25. The van der Waals surface area contributed by atoms with Gasteiger partial charge in [-0.1, -0.05) is 23.8 Å². The average Bonchev–Trinajstić information content (AvgIpc) is 2.86. The van der Waals surface area contributed by atoms with Gasteiger partial charge < -0.3 is 5.11 Å². The summed E-state index contributed by atoms with van der Waals surface area (Å²) in [7, 11) is 0. The fourth-order valence-corrected chi connectivity index (χ4v) is 3.93. The maximum Gasteiger partial charge on any atom is 0.0546 e. The van der Waals surface area contributed by atoms with Gasteiger partial charge in [-0.2, -0.15) is 0 Å². The number of rotatable bonds is 2. The lowest BCUT2D eigenvalue weighted by molar-refractivity contribution is 0.197. The lowest BCUT2D eigenvalue weighted by Crippen LogP contribution is -2.18. The third-order valence-electron chi connectivity index (χ3n) is 4.58. The van der Waals surface area contributed by atoms with Crippen LogP contribution in [0.1, 0.15) is 32.6 Å². The number of fused-ring (bicyclic) bond motifs is 5. The van der Waals surface area contributed by atoms with Gasteiger partial charge in [0.05, 0.1) is 6.10 Å². The molecule has 1 N–H and O–H groups in total. The third-order valence-corrected chi connectivity index (χ3v) is 4.58. The topological polar surface area (TPSA) is 20.2 Å². The van der Waals surface area contributed by atoms with E-state index in [1.54, 1.807) is 5.57 Å². The van der Waals surface area contributed by atoms with Crippen LogP contribution in [-0.2, 0) is 0 Å². The van der Waals surface area contributed by atoms with Crippen molar-refractivity contribution in [1.82, 2.24) is 0 Å². The Morgan fingerprint density at radius 3 is 3.27 bits per heavy atom. The molecule has 2 fully saturated rings. The van der Waals surface area contributed by atoms with Gasteiger partial charge in [-0.3, -0.25) is 0 Å². The Morgan fingerprint density at radius 2 is 2.47 bits per heavy atom. The van der Waals surface area contributed by atoms with Crippen LogP contribution in [0, 0.1) is 23.7 Å². The summed E-state index contributed by atoms with van der Waals surface area (Å²) >= 11 is 0. The van der Waals surface area contributed by atoms with Crippen LogP contribution >= 0.6 is 0 Å². The number of aliphatic hydroxyl groups is 1. The fraction of sp³-hybridized carbons (Fsp3) is 0.714. The van der Waals surface area contributed by atoms with E-state index in [-0.39, 0.29) is 6.10 Å². The van der Waals surface area contributed by atoms with E-state index in [1.165, 1.54) is 19.3 Å². The summed E-state index contributed by atoms with van der Waals surface area (Å²) in [4.78, 5) is 0. The molecular weight excluding hydrogens is 184 g/mol. The molecule has 0 aromatic rings. The van der Waals surface area contributed by atoms with Gasteiger partial charge in [0.15, 0.2) is 0 Å². The van der Waals surface area contributed by atoms with Gasteiger partial charge in [0, 0.05) is 0 Å². The highest BCUT2D eigenvalue weighted by molar-refractivity contribution is 5.26. The first kappa shape index (κ1) is 9.65. The molecule has 0 aromatic heterocycles. The van der Waals surface area contributed by atoms with Crippen molar-refractivity contribution in [2.75, 3.05) is 0 Å². The quantitative estimate of drug-likeness (QED) is 0.686. The number of allylic oxidation sites excluding steroid dienone is 3. The Balaban J connectivity index is 1.75. The highest BCUT2D eigenvalue weighted by Gasteiger charge is 2.49. The van der Waals surface area contributed by atoms with Crippen molar-refractivity contribution in [2.24, 2.45) is 23.7 Å². The van der Waals surface area contributed by atoms with Gasteiger partial charge in [0.2, 0.25) is 0 Å². The van der Waals surface area contributed by atoms with Crippen LogP contribution in [-0.4, -0.2) is 11.2 Å². The molecule has 2 bridgehead atoms. The molecule has 82 valence electrons. The maximum atomic E-state index is 9.31. The lowest BCUT2D eigenvalue weighted by atomic mass is 9.78. The highest BCUT2D eigenvalue weighted by Crippen LogP contribution is 2.58. The van der Waals surface area contributed by atoms with Crippen LogP contribution in [0.5, 0.6) is 0 Å². The summed E-state index contributed by atoms with van der Waals surface area (Å²) in [6.07, 6.45) is 11.9. The monoisotopic (exact) mass is 204 g/mol. The van der Waals surface area contributed by atoms with E-state index in [1.807, 2.05) is 6.92 Å². The second-order valence-corrected chi connectivity index (χ2v) is 5.58. The van der Waals surface area contributed by atoms with Gasteiger partial charge >= 0.3 is 0 Å². The number of aliphatic hydroxyl groups excluding tert-OH is 1. The molecule has 2 saturated carbocycles. The number of hydrogen-bond donors (Lipinski definition) is 1. The molecule has 5 atom stereocenters. The van der Waals surface area contributed by atoms with Crippen molar-refractivity contribution in [1.29, 1.82) is 0 Å². The van der Waals surface area contributed by atoms with Gasteiger partial charge in [-0.25, -0.2) is 0 Å². The van der Waals surface area contributed by atoms with Crippen molar-refractivity contribution < 1.29 is 5.11 Å². The highest BCUT2D eigenvalue weighted by atomic mass is 16.3. The molecule has 0 heterocycles. The molecule has 5 unspecified atom stereocenters. The summed E-state index contributed by atoms with van der Waals surface area (Å²) in [6, 6.07) is 0. The van der Waals surface area contributed by atoms with E-state index in [0.717, 1.165) is 30.1 Å². The molecule has 0 radical (unpaired) electrons. The summed E-state index contributed by atoms with van der Waals surface area (Å²) < 4.78 is 0. The zero-order valence-corrected chi connectivity index (χ0v) is 9.39. The molecule has 0 aliphatic heterocycles. The molecular formula is C14H20O. The standard InChI is InChI=1S/C14H20O/c1-9(15)5-6-10-7-11-8-14(10)13-4-2-3-12(11)13/h2,4,6,9,11-15H,3,5,7-8H2,1H3/b10-6+. The van der Waals surface area contributed by atoms with Gasteiger partial charge in [-0.05, 0) is 56.3 Å². The van der Waals surface area contributed by atoms with Crippen molar-refractivity contribution in [3.05, 3.63) is 23.8 Å². The van der Waals surface area contributed by atoms with Crippen LogP contribution < -0.4 is 0 Å². The molecule has 0 saturated heterocycles. The Bertz CT molecular complexity index is 313. The van der Waals surface area contributed by atoms with Crippen molar-refractivity contribution in [3.63, 3.8) is 0 Å². The van der Waals surface area contributed by atoms with Crippen LogP contribution in [0.4, 0.5) is 0 Å². The SMILES string of the molecule is CC(O)C/C=C1\CC2CC1C1C=CCC21. The predicted molar refractivity (Wildman–Crippen MR) is 61.3 cm³/mol. The molecule has 3 aliphatic carbocycles. The van der Waals surface area contributed by atoms with E-state index >= 15 is 0 Å². The Morgan fingerprint density at radius 1 is 1.60 bits per heavy atom. The molecule has 15 heavy (non-hydrogen) atoms. The third kappa shape index (κ3) is 1.48. The van der Waals surface area contributed by atoms with Gasteiger partial charge in [0.1, 0.15) is 0 Å². The minimum atomic E-state index is -0.174. The summed E-state index contributed by atoms with van der Waals surface area (Å²) in [5, 5.41) is 9.31. The first-order valence-corrected chi connectivity index (χ1v) is 6.29. The van der Waals surface area contributed by atoms with E-state index < -0.39 is 0 Å². The van der Waals surface area contributed by atoms with Crippen LogP contribution in [0.2, 0.25) is 0 Å². The first-order valence-electron chi connectivity index (χ1n) is 6.29. The maximum absolute atomic E-state index is 9.31. The summed E-state index contributed by atoms with van der Waals surface area (Å²) in [6.45, 7) is 1.88. The largest absolute Gasteiger partial charge is 0.393 e. The second-order valence-electron chi connectivity index (χ2n) is 5.58. The zero-order chi connectivity index (χ0) is 10.4. The van der Waals surface area contributed by atoms with Gasteiger partial charge in [-0.15, -0.1) is 0 Å². The smallest absolute Gasteiger partial charge is 0.0546 e. The molecule has 3 aliphatic rings. The lowest BCUT2D eigenvalue weighted by Gasteiger charge is -2.26. The fourth-order valence-electron chi connectivity index (χ4n) is 3.93. The zero-order valence-electron chi connectivity index (χ0n) is 9.39. The molecule has 0 aromatic carbocycles. The summed E-state index contributed by atoms with van der Waals surface area (Å²) in [5.41, 5.74) is 1.65. The molecule has 1 nitrogen and oxygen atoms in total. The average molecular weight is 204 g/mol. The summed E-state index contributed by atoms with van der Waals surface area (Å²) in [5.74, 6) is 3.61. The second kappa shape index (κ2) is 3.48. The van der Waals surface area contributed by atoms with Gasteiger partial charge in [0.25, 0.3) is 0 Å². The van der Waals surface area contributed by atoms with Crippen LogP contribution in [0.3, 0.4) is 0 Å². The molecule has 1 heteroatoms. The van der Waals surface area contributed by atoms with E-state index in [0.29, 0.717) is 0 Å². The minimum Gasteiger partial charge on any atom is -0.393 e. The van der Waals surface area contributed by atoms with E-state index in [9.17, 15) is 5.11 Å². The molecule has 3 rings (SSSR count). The Kier molecular flexibility index (Phi) is 2.24. The molecule has 0 amide bonds. The van der Waals surface area contributed by atoms with Crippen LogP contribution in [0.25, 0.3) is 0 Å². The Labute approximate surface area is 91.9 Å². The normalized spacial score (nSPS) is 46.4. The van der Waals surface area contributed by atoms with E-state index in [2.05, 4.69) is 18.2 Å². The minimum absolute atomic E-state index is 0.174. The number of hydrogen-bond acceptors (Lipinski definition) is 1. The van der Waals surface area contributed by atoms with Crippen molar-refractivity contribution >= 4 is 0 Å². The van der Waals surface area contributed by atoms with Crippen molar-refractivity contribution in [3.8, 4) is 0 Å². The Hall–Kier alpha value is -0.560. The predicted octanol–water partition coefficient (Wildman–Crippen LogP) is 2.92. The van der Waals surface area contributed by atoms with Crippen LogP contribution in [0.15, 0.2) is 23.8 Å².